The van der Waals surface area contributed by atoms with E-state index in [0.717, 1.165) is 22.6 Å². The number of nitrogens with two attached hydrogens (primary N) is 1. The molecule has 2 heterocycles. The molecule has 2 atom stereocenters. The number of rotatable bonds is 7. The fourth-order valence-electron chi connectivity index (χ4n) is 4.05. The Hall–Kier alpha value is -2.83. The monoisotopic (exact) mass is 438 g/mol. The van der Waals surface area contributed by atoms with Gasteiger partial charge in [0.15, 0.2) is 0 Å². The molecule has 4 rings (SSSR count). The van der Waals surface area contributed by atoms with E-state index in [1.54, 1.807) is 4.90 Å². The fourth-order valence-corrected chi connectivity index (χ4v) is 4.24. The van der Waals surface area contributed by atoms with Crippen LogP contribution in [0.25, 0.3) is 11.3 Å². The van der Waals surface area contributed by atoms with E-state index in [1.807, 2.05) is 48.7 Å². The third-order valence-corrected chi connectivity index (χ3v) is 5.76. The molecule has 1 amide bonds. The molecule has 0 spiro atoms. The molecule has 2 unspecified atom stereocenters. The summed E-state index contributed by atoms with van der Waals surface area (Å²) in [4.78, 5) is 19.4. The van der Waals surface area contributed by atoms with Crippen LogP contribution in [0, 0.1) is 5.92 Å². The van der Waals surface area contributed by atoms with Gasteiger partial charge in [-0.1, -0.05) is 67.9 Å². The number of hydrogen-bond donors (Lipinski definition) is 1. The van der Waals surface area contributed by atoms with E-state index in [2.05, 4.69) is 30.5 Å². The van der Waals surface area contributed by atoms with Gasteiger partial charge in [-0.2, -0.15) is 0 Å². The van der Waals surface area contributed by atoms with Gasteiger partial charge in [-0.05, 0) is 23.6 Å². The summed E-state index contributed by atoms with van der Waals surface area (Å²) in [5, 5.41) is 0.658. The van der Waals surface area contributed by atoms with Gasteiger partial charge in [0, 0.05) is 29.9 Å². The average Bonchev–Trinajstić information content (AvgIpc) is 3.33. The molecule has 2 N–H and O–H groups in total. The Morgan fingerprint density at radius 2 is 1.97 bits per heavy atom. The lowest BCUT2D eigenvalue weighted by molar-refractivity contribution is 0.123. The zero-order chi connectivity index (χ0) is 22.0. The minimum absolute atomic E-state index is 0.133. The number of carbonyl (C=O) groups is 1. The van der Waals surface area contributed by atoms with Crippen LogP contribution in [0.1, 0.15) is 31.3 Å². The summed E-state index contributed by atoms with van der Waals surface area (Å²) in [7, 11) is 0. The summed E-state index contributed by atoms with van der Waals surface area (Å²) < 4.78 is 7.57. The molecule has 1 fully saturated rings. The number of cyclic esters (lactones) is 1. The van der Waals surface area contributed by atoms with E-state index >= 15 is 0 Å². The largest absolute Gasteiger partial charge is 0.443 e. The summed E-state index contributed by atoms with van der Waals surface area (Å²) in [5.74, 6) is 0.955. The molecule has 0 bridgehead atoms. The van der Waals surface area contributed by atoms with Crippen molar-refractivity contribution in [1.29, 1.82) is 0 Å². The normalized spacial score (nSPS) is 17.3. The van der Waals surface area contributed by atoms with Crippen LogP contribution in [-0.4, -0.2) is 39.7 Å². The highest BCUT2D eigenvalue weighted by molar-refractivity contribution is 6.30. The maximum absolute atomic E-state index is 12.6. The first-order valence-corrected chi connectivity index (χ1v) is 10.9. The lowest BCUT2D eigenvalue weighted by Crippen LogP contribution is -2.36. The van der Waals surface area contributed by atoms with Crippen LogP contribution < -0.4 is 5.73 Å². The third-order valence-electron chi connectivity index (χ3n) is 5.52. The Morgan fingerprint density at radius 1 is 1.19 bits per heavy atom. The molecule has 1 saturated heterocycles. The molecule has 6 nitrogen and oxygen atoms in total. The molecule has 1 aliphatic heterocycles. The second-order valence-corrected chi connectivity index (χ2v) is 8.63. The van der Waals surface area contributed by atoms with Crippen molar-refractivity contribution in [1.82, 2.24) is 14.5 Å². The van der Waals surface area contributed by atoms with E-state index in [-0.39, 0.29) is 24.2 Å². The predicted octanol–water partition coefficient (Wildman–Crippen LogP) is 4.73. The Balaban J connectivity index is 1.78. The molecule has 31 heavy (non-hydrogen) atoms. The Kier molecular flexibility index (Phi) is 6.30. The molecule has 1 aromatic heterocycles. The molecule has 0 radical (unpaired) electrons. The van der Waals surface area contributed by atoms with Gasteiger partial charge < -0.3 is 15.0 Å². The van der Waals surface area contributed by atoms with Crippen molar-refractivity contribution in [2.24, 2.45) is 11.7 Å². The van der Waals surface area contributed by atoms with E-state index in [9.17, 15) is 4.79 Å². The van der Waals surface area contributed by atoms with E-state index < -0.39 is 0 Å². The second-order valence-electron chi connectivity index (χ2n) is 8.19. The number of ether oxygens (including phenoxy) is 1. The van der Waals surface area contributed by atoms with Crippen LogP contribution in [0.5, 0.6) is 0 Å². The zero-order valence-electron chi connectivity index (χ0n) is 17.7. The summed E-state index contributed by atoms with van der Waals surface area (Å²) in [6, 6.07) is 17.6. The van der Waals surface area contributed by atoms with Crippen LogP contribution in [0.4, 0.5) is 4.79 Å². The van der Waals surface area contributed by atoms with E-state index in [4.69, 9.17) is 27.1 Å². The lowest BCUT2D eigenvalue weighted by Gasteiger charge is -2.29. The highest BCUT2D eigenvalue weighted by atomic mass is 35.5. The number of aromatic nitrogens is 2. The molecule has 7 heteroatoms. The molecule has 0 aliphatic carbocycles. The Bertz CT molecular complexity index is 1050. The summed E-state index contributed by atoms with van der Waals surface area (Å²) in [6.45, 7) is 5.60. The number of benzene rings is 2. The Morgan fingerprint density at radius 3 is 2.61 bits per heavy atom. The molecule has 1 aliphatic rings. The number of amides is 1. The summed E-state index contributed by atoms with van der Waals surface area (Å²) in [5.41, 5.74) is 8.68. The first-order chi connectivity index (χ1) is 15.0. The van der Waals surface area contributed by atoms with Gasteiger partial charge in [0.1, 0.15) is 11.9 Å². The van der Waals surface area contributed by atoms with Crippen molar-refractivity contribution in [3.8, 4) is 11.3 Å². The van der Waals surface area contributed by atoms with Crippen LogP contribution >= 0.6 is 11.6 Å². The van der Waals surface area contributed by atoms with Gasteiger partial charge in [0.25, 0.3) is 0 Å². The standard InChI is InChI=1S/C24H27ClN4O2/c1-16(2)22(29-14-20(12-26)31-24(29)30)23-27-21(18-9-6-10-19(25)11-18)15-28(23)13-17-7-4-3-5-8-17/h3-11,15-16,20,22H,12-14,26H2,1-2H3. The minimum atomic E-state index is -0.340. The highest BCUT2D eigenvalue weighted by Crippen LogP contribution is 2.34. The topological polar surface area (TPSA) is 73.4 Å². The van der Waals surface area contributed by atoms with Crippen LogP contribution in [-0.2, 0) is 11.3 Å². The summed E-state index contributed by atoms with van der Waals surface area (Å²) >= 11 is 6.22. The van der Waals surface area contributed by atoms with Gasteiger partial charge in [0.05, 0.1) is 18.3 Å². The molecule has 2 aromatic carbocycles. The first-order valence-electron chi connectivity index (χ1n) is 10.5. The Labute approximate surface area is 187 Å². The van der Waals surface area contributed by atoms with Gasteiger partial charge in [-0.15, -0.1) is 0 Å². The van der Waals surface area contributed by atoms with Crippen molar-refractivity contribution >= 4 is 17.7 Å². The van der Waals surface area contributed by atoms with Crippen LogP contribution in [0.3, 0.4) is 0 Å². The molecule has 162 valence electrons. The van der Waals surface area contributed by atoms with Gasteiger partial charge in [-0.25, -0.2) is 9.78 Å². The van der Waals surface area contributed by atoms with Crippen LogP contribution in [0.15, 0.2) is 60.8 Å². The molecule has 3 aromatic rings. The van der Waals surface area contributed by atoms with Crippen molar-refractivity contribution in [2.45, 2.75) is 32.5 Å². The predicted molar refractivity (Wildman–Crippen MR) is 122 cm³/mol. The lowest BCUT2D eigenvalue weighted by atomic mass is 10.0. The summed E-state index contributed by atoms with van der Waals surface area (Å²) in [6.07, 6.45) is 1.40. The first kappa shape index (κ1) is 21.4. The maximum atomic E-state index is 12.6. The van der Waals surface area contributed by atoms with Gasteiger partial charge >= 0.3 is 6.09 Å². The molecular weight excluding hydrogens is 412 g/mol. The fraction of sp³-hybridized carbons (Fsp3) is 0.333. The minimum Gasteiger partial charge on any atom is -0.443 e. The zero-order valence-corrected chi connectivity index (χ0v) is 18.5. The number of carbonyl (C=O) groups excluding carboxylic acids is 1. The van der Waals surface area contributed by atoms with Crippen molar-refractivity contribution in [3.05, 3.63) is 77.2 Å². The van der Waals surface area contributed by atoms with E-state index in [1.165, 1.54) is 0 Å². The smallest absolute Gasteiger partial charge is 0.410 e. The third kappa shape index (κ3) is 4.60. The maximum Gasteiger partial charge on any atom is 0.410 e. The number of halogens is 1. The molecular formula is C24H27ClN4O2. The van der Waals surface area contributed by atoms with Gasteiger partial charge in [-0.3, -0.25) is 4.90 Å². The van der Waals surface area contributed by atoms with E-state index in [0.29, 0.717) is 24.7 Å². The highest BCUT2D eigenvalue weighted by Gasteiger charge is 2.39. The second kappa shape index (κ2) is 9.12. The quantitative estimate of drug-likeness (QED) is 0.578. The van der Waals surface area contributed by atoms with Crippen molar-refractivity contribution in [3.63, 3.8) is 0 Å². The van der Waals surface area contributed by atoms with Crippen molar-refractivity contribution in [2.75, 3.05) is 13.1 Å². The van der Waals surface area contributed by atoms with Gasteiger partial charge in [0.2, 0.25) is 0 Å². The SMILES string of the molecule is CC(C)C(c1nc(-c2cccc(Cl)c2)cn1Cc1ccccc1)N1CC(CN)OC1=O. The number of imidazole rings is 1. The van der Waals surface area contributed by atoms with Crippen molar-refractivity contribution < 1.29 is 9.53 Å². The van der Waals surface area contributed by atoms with Crippen LogP contribution in [0.2, 0.25) is 5.02 Å². The number of nitrogens with zero attached hydrogens (tertiary/aromatic N) is 3. The average molecular weight is 439 g/mol. The molecule has 0 saturated carbocycles. The number of hydrogen-bond acceptors (Lipinski definition) is 4.